The molecule has 0 saturated heterocycles. The molecule has 1 aliphatic carbocycles. The van der Waals surface area contributed by atoms with Gasteiger partial charge in [0.1, 0.15) is 23.4 Å². The molecule has 7 heteroatoms. The number of halogens is 1. The molecule has 0 aliphatic heterocycles. The van der Waals surface area contributed by atoms with Crippen molar-refractivity contribution in [3.05, 3.63) is 52.3 Å². The zero-order valence-electron chi connectivity index (χ0n) is 20.5. The van der Waals surface area contributed by atoms with Crippen LogP contribution in [0.1, 0.15) is 75.0 Å². The minimum atomic E-state index is -0.991. The highest BCUT2D eigenvalue weighted by Crippen LogP contribution is 2.41. The molecule has 6 nitrogen and oxygen atoms in total. The van der Waals surface area contributed by atoms with E-state index in [1.807, 2.05) is 13.1 Å². The van der Waals surface area contributed by atoms with Gasteiger partial charge >= 0.3 is 0 Å². The number of hydrogen-bond donors (Lipinski definition) is 3. The summed E-state index contributed by atoms with van der Waals surface area (Å²) in [5.41, 5.74) is 3.15. The molecular formula is C27H36ClN3O3. The molecule has 3 N–H and O–H groups in total. The van der Waals surface area contributed by atoms with Crippen molar-refractivity contribution in [2.24, 2.45) is 5.92 Å². The third kappa shape index (κ3) is 4.90. The first-order chi connectivity index (χ1) is 16.3. The van der Waals surface area contributed by atoms with Crippen molar-refractivity contribution < 1.29 is 14.9 Å². The van der Waals surface area contributed by atoms with Gasteiger partial charge < -0.3 is 24.8 Å². The van der Waals surface area contributed by atoms with Crippen LogP contribution in [0.5, 0.6) is 11.5 Å². The summed E-state index contributed by atoms with van der Waals surface area (Å²) in [6.07, 6.45) is 5.02. The molecule has 4 rings (SSSR count). The van der Waals surface area contributed by atoms with E-state index in [9.17, 15) is 10.2 Å². The van der Waals surface area contributed by atoms with Gasteiger partial charge in [0.25, 0.3) is 0 Å². The Hall–Kier alpha value is -2.28. The molecule has 184 valence electrons. The van der Waals surface area contributed by atoms with Crippen LogP contribution in [0.3, 0.4) is 0 Å². The van der Waals surface area contributed by atoms with E-state index in [-0.39, 0.29) is 11.8 Å². The fourth-order valence-corrected chi connectivity index (χ4v) is 5.46. The molecule has 0 radical (unpaired) electrons. The van der Waals surface area contributed by atoms with Crippen LogP contribution in [0.25, 0.3) is 11.0 Å². The first kappa shape index (κ1) is 24.8. The number of benzene rings is 2. The van der Waals surface area contributed by atoms with Crippen LogP contribution in [0.15, 0.2) is 30.3 Å². The molecule has 1 aromatic heterocycles. The Balaban J connectivity index is 1.86. The van der Waals surface area contributed by atoms with Crippen LogP contribution in [-0.4, -0.2) is 40.0 Å². The normalized spacial score (nSPS) is 20.4. The molecule has 0 bridgehead atoms. The molecule has 0 spiro atoms. The number of aryl methyl sites for hydroxylation is 1. The number of aliphatic hydroxyl groups is 1. The number of methoxy groups -OCH3 is 1. The summed E-state index contributed by atoms with van der Waals surface area (Å²) in [5, 5.41) is 26.0. The van der Waals surface area contributed by atoms with E-state index in [1.165, 1.54) is 6.42 Å². The molecule has 1 saturated carbocycles. The number of phenolic OH excluding ortho intramolecular Hbond substituents is 1. The van der Waals surface area contributed by atoms with E-state index in [2.05, 4.69) is 23.7 Å². The minimum Gasteiger partial charge on any atom is -0.508 e. The largest absolute Gasteiger partial charge is 0.508 e. The third-order valence-electron chi connectivity index (χ3n) is 7.31. The quantitative estimate of drug-likeness (QED) is 0.377. The molecule has 4 unspecified atom stereocenters. The number of hydrogen-bond acceptors (Lipinski definition) is 5. The average Bonchev–Trinajstić information content (AvgIpc) is 3.22. The summed E-state index contributed by atoms with van der Waals surface area (Å²) in [5.74, 6) is 2.08. The standard InChI is InChI=1S/C27H36ClN3O3/c1-16-6-5-7-18(14-16)31-23-12-13-24(32)21(10-8-17(2)29-3)25(23)30-27(31)26(33)20-11-9-19(34-4)15-22(20)28/h9,11-13,15-18,26,29,32-33H,5-8,10,14H2,1-4H3. The van der Waals surface area contributed by atoms with Crippen molar-refractivity contribution >= 4 is 22.6 Å². The summed E-state index contributed by atoms with van der Waals surface area (Å²) in [4.78, 5) is 4.98. The molecule has 0 amide bonds. The van der Waals surface area contributed by atoms with Crippen molar-refractivity contribution in [1.29, 1.82) is 0 Å². The Morgan fingerprint density at radius 2 is 2.06 bits per heavy atom. The maximum Gasteiger partial charge on any atom is 0.143 e. The van der Waals surface area contributed by atoms with Gasteiger partial charge in [-0.25, -0.2) is 4.98 Å². The lowest BCUT2D eigenvalue weighted by Crippen LogP contribution is -2.21. The molecule has 4 atom stereocenters. The SMILES string of the molecule is CNC(C)CCc1c(O)ccc2c1nc(C(O)c1ccc(OC)cc1Cl)n2C1CCCC(C)C1. The second kappa shape index (κ2) is 10.5. The predicted molar refractivity (Wildman–Crippen MR) is 137 cm³/mol. The highest BCUT2D eigenvalue weighted by Gasteiger charge is 2.30. The number of phenols is 1. The number of fused-ring (bicyclic) bond motifs is 1. The van der Waals surface area contributed by atoms with Crippen molar-refractivity contribution in [1.82, 2.24) is 14.9 Å². The highest BCUT2D eigenvalue weighted by atomic mass is 35.5. The molecular weight excluding hydrogens is 450 g/mol. The molecule has 1 aliphatic rings. The van der Waals surface area contributed by atoms with Crippen molar-refractivity contribution in [3.63, 3.8) is 0 Å². The summed E-state index contributed by atoms with van der Waals surface area (Å²) in [6.45, 7) is 4.41. The van der Waals surface area contributed by atoms with Crippen LogP contribution in [0.4, 0.5) is 0 Å². The van der Waals surface area contributed by atoms with Gasteiger partial charge in [-0.3, -0.25) is 0 Å². The highest BCUT2D eigenvalue weighted by molar-refractivity contribution is 6.31. The first-order valence-electron chi connectivity index (χ1n) is 12.3. The van der Waals surface area contributed by atoms with Gasteiger partial charge in [-0.15, -0.1) is 0 Å². The van der Waals surface area contributed by atoms with Crippen molar-refractivity contribution in [3.8, 4) is 11.5 Å². The topological polar surface area (TPSA) is 79.5 Å². The predicted octanol–water partition coefficient (Wildman–Crippen LogP) is 5.78. The van der Waals surface area contributed by atoms with Gasteiger partial charge in [0.15, 0.2) is 0 Å². The average molecular weight is 486 g/mol. The van der Waals surface area contributed by atoms with E-state index in [4.69, 9.17) is 21.3 Å². The Morgan fingerprint density at radius 3 is 2.74 bits per heavy atom. The van der Waals surface area contributed by atoms with Gasteiger partial charge in [0, 0.05) is 23.2 Å². The van der Waals surface area contributed by atoms with E-state index in [1.54, 1.807) is 31.4 Å². The van der Waals surface area contributed by atoms with Crippen molar-refractivity contribution in [2.75, 3.05) is 14.2 Å². The molecule has 2 aromatic carbocycles. The van der Waals surface area contributed by atoms with Crippen LogP contribution in [0.2, 0.25) is 5.02 Å². The van der Waals surface area contributed by atoms with Gasteiger partial charge in [0.2, 0.25) is 0 Å². The number of ether oxygens (including phenoxy) is 1. The van der Waals surface area contributed by atoms with Crippen molar-refractivity contribution in [2.45, 2.75) is 70.6 Å². The number of rotatable bonds is 8. The van der Waals surface area contributed by atoms with Crippen LogP contribution in [-0.2, 0) is 6.42 Å². The summed E-state index contributed by atoms with van der Waals surface area (Å²) >= 11 is 6.55. The smallest absolute Gasteiger partial charge is 0.143 e. The maximum absolute atomic E-state index is 11.5. The third-order valence-corrected chi connectivity index (χ3v) is 7.64. The molecule has 34 heavy (non-hydrogen) atoms. The Bertz CT molecular complexity index is 1150. The molecule has 1 fully saturated rings. The van der Waals surface area contributed by atoms with E-state index in [0.29, 0.717) is 40.5 Å². The maximum atomic E-state index is 11.5. The van der Waals surface area contributed by atoms with E-state index >= 15 is 0 Å². The number of imidazole rings is 1. The first-order valence-corrected chi connectivity index (χ1v) is 12.6. The lowest BCUT2D eigenvalue weighted by molar-refractivity contribution is 0.193. The number of aromatic hydroxyl groups is 1. The summed E-state index contributed by atoms with van der Waals surface area (Å²) in [6, 6.07) is 9.58. The zero-order chi connectivity index (χ0) is 24.4. The van der Waals surface area contributed by atoms with Crippen LogP contribution >= 0.6 is 11.6 Å². The zero-order valence-corrected chi connectivity index (χ0v) is 21.3. The second-order valence-corrected chi connectivity index (χ2v) is 10.1. The van der Waals surface area contributed by atoms with Gasteiger partial charge in [-0.1, -0.05) is 37.4 Å². The van der Waals surface area contributed by atoms with Crippen LogP contribution in [0, 0.1) is 5.92 Å². The minimum absolute atomic E-state index is 0.240. The van der Waals surface area contributed by atoms with Gasteiger partial charge in [-0.05, 0) is 69.8 Å². The number of aromatic nitrogens is 2. The Labute approximate surface area is 206 Å². The monoisotopic (exact) mass is 485 g/mol. The Kier molecular flexibility index (Phi) is 7.70. The van der Waals surface area contributed by atoms with E-state index < -0.39 is 6.10 Å². The molecule has 3 aromatic rings. The summed E-state index contributed by atoms with van der Waals surface area (Å²) < 4.78 is 7.49. The Morgan fingerprint density at radius 1 is 1.26 bits per heavy atom. The lowest BCUT2D eigenvalue weighted by atomic mass is 9.86. The van der Waals surface area contributed by atoms with Gasteiger partial charge in [0.05, 0.1) is 23.2 Å². The van der Waals surface area contributed by atoms with E-state index in [0.717, 1.165) is 42.3 Å². The fraction of sp³-hybridized carbons (Fsp3) is 0.519. The van der Waals surface area contributed by atoms with Crippen LogP contribution < -0.4 is 10.1 Å². The number of nitrogens with zero attached hydrogens (tertiary/aromatic N) is 2. The lowest BCUT2D eigenvalue weighted by Gasteiger charge is -2.30. The summed E-state index contributed by atoms with van der Waals surface area (Å²) in [7, 11) is 3.53. The van der Waals surface area contributed by atoms with Gasteiger partial charge in [-0.2, -0.15) is 0 Å². The number of aliphatic hydroxyl groups excluding tert-OH is 1. The number of nitrogens with one attached hydrogen (secondary N) is 1. The second-order valence-electron chi connectivity index (χ2n) is 9.71. The fourth-order valence-electron chi connectivity index (χ4n) is 5.18. The molecule has 1 heterocycles.